The molecule has 9 nitrogen and oxygen atoms in total. The van der Waals surface area contributed by atoms with Crippen LogP contribution in [-0.4, -0.2) is 55.8 Å². The zero-order valence-electron chi connectivity index (χ0n) is 28.8. The maximum absolute atomic E-state index is 13.7. The minimum absolute atomic E-state index is 0.0927. The molecule has 2 bridgehead atoms. The number of ether oxygens (including phenoxy) is 4. The van der Waals surface area contributed by atoms with Crippen LogP contribution in [0.5, 0.6) is 11.5 Å². The third-order valence-electron chi connectivity index (χ3n) is 9.94. The Balaban J connectivity index is 1.07. The lowest BCUT2D eigenvalue weighted by atomic mass is 9.86. The second kappa shape index (κ2) is 17.1. The molecular weight excluding hydrogens is 747 g/mol. The Bertz CT molecular complexity index is 1870. The first-order valence-electron chi connectivity index (χ1n) is 17.8. The van der Waals surface area contributed by atoms with Crippen LogP contribution < -0.4 is 19.8 Å². The summed E-state index contributed by atoms with van der Waals surface area (Å²) in [6.45, 7) is 0.474. The van der Waals surface area contributed by atoms with Crippen LogP contribution in [0.25, 0.3) is 0 Å². The number of thiophene rings is 1. The van der Waals surface area contributed by atoms with Crippen LogP contribution in [0.1, 0.15) is 69.1 Å². The Morgan fingerprint density at radius 2 is 1.70 bits per heavy atom. The van der Waals surface area contributed by atoms with E-state index in [1.165, 1.54) is 17.4 Å². The first-order chi connectivity index (χ1) is 25.7. The number of carbonyl (C=O) groups excluding carboxylic acids is 2. The van der Waals surface area contributed by atoms with Gasteiger partial charge in [0.15, 0.2) is 23.9 Å². The maximum Gasteiger partial charge on any atom is 0.387 e. The van der Waals surface area contributed by atoms with Gasteiger partial charge in [-0.25, -0.2) is 14.6 Å². The molecule has 4 aliphatic rings. The summed E-state index contributed by atoms with van der Waals surface area (Å²) >= 11 is 14.2. The molecule has 0 radical (unpaired) electrons. The molecule has 0 spiro atoms. The van der Waals surface area contributed by atoms with Crippen LogP contribution in [0, 0.1) is 11.8 Å². The zero-order valence-corrected chi connectivity index (χ0v) is 31.1. The minimum Gasteiger partial charge on any atom is -0.489 e. The second-order valence-corrected chi connectivity index (χ2v) is 15.7. The average molecular weight is 788 g/mol. The van der Waals surface area contributed by atoms with E-state index in [1.807, 2.05) is 36.4 Å². The van der Waals surface area contributed by atoms with Crippen LogP contribution in [0.15, 0.2) is 73.1 Å². The van der Waals surface area contributed by atoms with E-state index >= 15 is 0 Å². The third kappa shape index (κ3) is 9.66. The van der Waals surface area contributed by atoms with E-state index < -0.39 is 24.7 Å². The minimum atomic E-state index is -3.04. The molecule has 2 N–H and O–H groups in total. The van der Waals surface area contributed by atoms with Gasteiger partial charge in [0.2, 0.25) is 0 Å². The zero-order chi connectivity index (χ0) is 36.9. The van der Waals surface area contributed by atoms with E-state index in [4.69, 9.17) is 42.1 Å². The molecule has 5 heterocycles. The quantitative estimate of drug-likeness (QED) is 0.115. The van der Waals surface area contributed by atoms with Crippen LogP contribution in [0.4, 0.5) is 8.78 Å². The molecule has 0 amide bonds. The van der Waals surface area contributed by atoms with Gasteiger partial charge in [0, 0.05) is 30.0 Å². The molecular formula is C39H40Cl2F2N3O6S+. The molecule has 4 fully saturated rings. The number of halogens is 4. The van der Waals surface area contributed by atoms with E-state index in [1.54, 1.807) is 30.6 Å². The average Bonchev–Trinajstić information content (AvgIpc) is 3.87. The van der Waals surface area contributed by atoms with Gasteiger partial charge < -0.3 is 18.9 Å². The molecule has 3 saturated heterocycles. The van der Waals surface area contributed by atoms with Gasteiger partial charge >= 0.3 is 18.6 Å². The highest BCUT2D eigenvalue weighted by Crippen LogP contribution is 2.38. The number of nitrogens with zero attached hydrogens (tertiary/aromatic N) is 1. The fourth-order valence-electron chi connectivity index (χ4n) is 6.82. The molecule has 1 aliphatic carbocycles. The number of alkyl halides is 2. The number of esters is 2. The standard InChI is InChI=1S/C39H39Cl2F2N3O6S/c40-29-19-44-20-30(41)28(29)17-32(26-8-10-31(52-39(42)43)33(16-26)49-22-23-6-7-23)50-37(47)35-11-9-27(53-35)18-45-36(25-4-2-1-3-5-25)38(48)51-34-21-46-14-12-24(34)13-15-46/h1-5,8-11,16,19-20,23-24,32,34,36,39,45H,6-7,12-15,17-18,21-22H2/p+1/t32-,34-,36?/m0/s1. The lowest BCUT2D eigenvalue weighted by Gasteiger charge is -2.44. The van der Waals surface area contributed by atoms with Gasteiger partial charge in [-0.15, -0.1) is 11.3 Å². The number of aromatic amines is 1. The summed E-state index contributed by atoms with van der Waals surface area (Å²) < 4.78 is 49.3. The number of aromatic nitrogens is 1. The lowest BCUT2D eigenvalue weighted by molar-refractivity contribution is -0.377. The van der Waals surface area contributed by atoms with E-state index in [0.717, 1.165) is 55.8 Å². The van der Waals surface area contributed by atoms with Crippen LogP contribution in [0.3, 0.4) is 0 Å². The molecule has 53 heavy (non-hydrogen) atoms. The third-order valence-corrected chi connectivity index (χ3v) is 11.7. The molecule has 2 aromatic heterocycles. The molecule has 3 atom stereocenters. The van der Waals surface area contributed by atoms with Crippen molar-refractivity contribution in [3.8, 4) is 11.5 Å². The van der Waals surface area contributed by atoms with E-state index in [2.05, 4.69) is 15.2 Å². The summed E-state index contributed by atoms with van der Waals surface area (Å²) in [5, 5.41) is 4.04. The van der Waals surface area contributed by atoms with E-state index in [0.29, 0.717) is 51.0 Å². The Hall–Kier alpha value is -3.81. The van der Waals surface area contributed by atoms with Gasteiger partial charge in [0.1, 0.15) is 33.2 Å². The number of fused-ring (bicyclic) bond motifs is 3. The fraction of sp³-hybridized carbons (Fsp3) is 0.410. The van der Waals surface area contributed by atoms with Crippen molar-refractivity contribution >= 4 is 46.5 Å². The van der Waals surface area contributed by atoms with Crippen LogP contribution >= 0.6 is 34.5 Å². The van der Waals surface area contributed by atoms with Crippen molar-refractivity contribution in [1.82, 2.24) is 10.2 Å². The molecule has 3 aliphatic heterocycles. The number of piperidine rings is 3. The SMILES string of the molecule is O=C(O[C@@H](Cc1c(Cl)c[nH+]cc1Cl)c1ccc(OC(F)F)c(OCC2CC2)c1)c1ccc(CNC(C(=O)O[C@H]2CN3CCC2CC3)c2ccccc2)s1. The number of H-pyrrole nitrogens is 1. The smallest absolute Gasteiger partial charge is 0.387 e. The van der Waals surface area contributed by atoms with Crippen molar-refractivity contribution in [2.24, 2.45) is 11.8 Å². The van der Waals surface area contributed by atoms with Crippen molar-refractivity contribution in [3.05, 3.63) is 110 Å². The van der Waals surface area contributed by atoms with Crippen molar-refractivity contribution < 1.29 is 42.3 Å². The second-order valence-electron chi connectivity index (χ2n) is 13.7. The number of carbonyl (C=O) groups is 2. The van der Waals surface area contributed by atoms with Crippen LogP contribution in [0.2, 0.25) is 10.0 Å². The molecule has 14 heteroatoms. The highest BCUT2D eigenvalue weighted by Gasteiger charge is 2.38. The summed E-state index contributed by atoms with van der Waals surface area (Å²) in [6.07, 6.45) is 6.26. The van der Waals surface area contributed by atoms with Gasteiger partial charge in [-0.3, -0.25) is 10.2 Å². The monoisotopic (exact) mass is 786 g/mol. The van der Waals surface area contributed by atoms with Gasteiger partial charge in [0.05, 0.1) is 6.61 Å². The Kier molecular flexibility index (Phi) is 12.1. The van der Waals surface area contributed by atoms with Crippen LogP contribution in [-0.2, 0) is 27.2 Å². The number of hydrogen-bond donors (Lipinski definition) is 1. The summed E-state index contributed by atoms with van der Waals surface area (Å²) in [4.78, 5) is 33.7. The van der Waals surface area contributed by atoms with Crippen molar-refractivity contribution in [2.45, 2.75) is 63.5 Å². The highest BCUT2D eigenvalue weighted by atomic mass is 35.5. The maximum atomic E-state index is 13.7. The predicted molar refractivity (Wildman–Crippen MR) is 196 cm³/mol. The fourth-order valence-corrected chi connectivity index (χ4v) is 8.20. The molecule has 280 valence electrons. The Morgan fingerprint density at radius 3 is 2.38 bits per heavy atom. The topological polar surface area (TPSA) is 100 Å². The number of hydrogen-bond acceptors (Lipinski definition) is 9. The van der Waals surface area contributed by atoms with Crippen molar-refractivity contribution in [2.75, 3.05) is 26.2 Å². The number of benzene rings is 2. The summed E-state index contributed by atoms with van der Waals surface area (Å²) in [7, 11) is 0. The number of nitrogens with one attached hydrogen (secondary N) is 2. The highest BCUT2D eigenvalue weighted by molar-refractivity contribution is 7.13. The number of rotatable bonds is 16. The van der Waals surface area contributed by atoms with Gasteiger partial charge in [-0.1, -0.05) is 59.6 Å². The lowest BCUT2D eigenvalue weighted by Crippen LogP contribution is -2.52. The Labute approximate surface area is 320 Å². The molecule has 2 aromatic carbocycles. The normalized spacial score (nSPS) is 20.5. The molecule has 1 unspecified atom stereocenters. The van der Waals surface area contributed by atoms with E-state index in [9.17, 15) is 18.4 Å². The van der Waals surface area contributed by atoms with Gasteiger partial charge in [-0.2, -0.15) is 8.78 Å². The summed E-state index contributed by atoms with van der Waals surface area (Å²) in [5.41, 5.74) is 1.81. The van der Waals surface area contributed by atoms with Gasteiger partial charge in [-0.05, 0) is 86.0 Å². The summed E-state index contributed by atoms with van der Waals surface area (Å²) in [6, 6.07) is 16.7. The van der Waals surface area contributed by atoms with Gasteiger partial charge in [0.25, 0.3) is 0 Å². The summed E-state index contributed by atoms with van der Waals surface area (Å²) in [5.74, 6) is -0.180. The molecule has 1 saturated carbocycles. The molecule has 4 aromatic rings. The van der Waals surface area contributed by atoms with Crippen molar-refractivity contribution in [3.63, 3.8) is 0 Å². The first kappa shape index (κ1) is 37.5. The largest absolute Gasteiger partial charge is 0.489 e. The van der Waals surface area contributed by atoms with Crippen molar-refractivity contribution in [1.29, 1.82) is 0 Å². The predicted octanol–water partition coefficient (Wildman–Crippen LogP) is 7.87. The first-order valence-corrected chi connectivity index (χ1v) is 19.3. The van der Waals surface area contributed by atoms with E-state index in [-0.39, 0.29) is 30.0 Å². The number of pyridine rings is 1. The Morgan fingerprint density at radius 1 is 0.943 bits per heavy atom. The molecule has 8 rings (SSSR count).